The first kappa shape index (κ1) is 11.1. The Morgan fingerprint density at radius 2 is 2.00 bits per heavy atom. The summed E-state index contributed by atoms with van der Waals surface area (Å²) in [6, 6.07) is 0. The van der Waals surface area contributed by atoms with Crippen molar-refractivity contribution in [2.24, 2.45) is 0 Å². The van der Waals surface area contributed by atoms with Crippen LogP contribution in [0.15, 0.2) is 12.2 Å². The first-order chi connectivity index (χ1) is 7.29. The van der Waals surface area contributed by atoms with Gasteiger partial charge in [-0.25, -0.2) is 0 Å². The Balaban J connectivity index is 1.69. The fourth-order valence-electron chi connectivity index (χ4n) is 2.25. The van der Waals surface area contributed by atoms with E-state index in [1.165, 1.54) is 5.57 Å². The molecule has 15 heavy (non-hydrogen) atoms. The van der Waals surface area contributed by atoms with Gasteiger partial charge in [0.2, 0.25) is 0 Å². The molecule has 2 fully saturated rings. The molecule has 0 N–H and O–H groups in total. The fourth-order valence-corrected chi connectivity index (χ4v) is 2.25. The standard InChI is InChI=1S/C12H20O3/c1-3-11-9(2)8-10(15-11)4-5-12-13-6-7-14-12/h10-12H,2-8H2,1H3/t10-,11-/m0/s1. The topological polar surface area (TPSA) is 27.7 Å². The maximum absolute atomic E-state index is 5.87. The molecule has 2 aliphatic heterocycles. The highest BCUT2D eigenvalue weighted by Crippen LogP contribution is 2.29. The zero-order valence-corrected chi connectivity index (χ0v) is 9.41. The second-order valence-corrected chi connectivity index (χ2v) is 4.27. The van der Waals surface area contributed by atoms with Crippen LogP contribution in [0.1, 0.15) is 32.6 Å². The summed E-state index contributed by atoms with van der Waals surface area (Å²) in [4.78, 5) is 0. The van der Waals surface area contributed by atoms with E-state index in [1.54, 1.807) is 0 Å². The normalized spacial score (nSPS) is 32.7. The van der Waals surface area contributed by atoms with Crippen molar-refractivity contribution >= 4 is 0 Å². The number of hydrogen-bond donors (Lipinski definition) is 0. The van der Waals surface area contributed by atoms with Crippen LogP contribution in [0.4, 0.5) is 0 Å². The lowest BCUT2D eigenvalue weighted by Crippen LogP contribution is -2.15. The maximum Gasteiger partial charge on any atom is 0.157 e. The Kier molecular flexibility index (Phi) is 3.78. The van der Waals surface area contributed by atoms with Gasteiger partial charge < -0.3 is 14.2 Å². The minimum atomic E-state index is 0.00235. The third-order valence-corrected chi connectivity index (χ3v) is 3.09. The lowest BCUT2D eigenvalue weighted by atomic mass is 10.0. The number of ether oxygens (including phenoxy) is 3. The van der Waals surface area contributed by atoms with Crippen molar-refractivity contribution in [2.75, 3.05) is 13.2 Å². The van der Waals surface area contributed by atoms with Crippen molar-refractivity contribution in [1.82, 2.24) is 0 Å². The monoisotopic (exact) mass is 212 g/mol. The van der Waals surface area contributed by atoms with Gasteiger partial charge in [0, 0.05) is 6.42 Å². The third kappa shape index (κ3) is 2.80. The Bertz CT molecular complexity index is 221. The lowest BCUT2D eigenvalue weighted by Gasteiger charge is -2.14. The SMILES string of the molecule is C=C1C[C@H](CCC2OCCO2)O[C@H]1CC. The summed E-state index contributed by atoms with van der Waals surface area (Å²) in [7, 11) is 0. The molecule has 2 rings (SSSR count). The molecule has 0 aliphatic carbocycles. The minimum Gasteiger partial charge on any atom is -0.370 e. The quantitative estimate of drug-likeness (QED) is 0.669. The van der Waals surface area contributed by atoms with Crippen molar-refractivity contribution < 1.29 is 14.2 Å². The molecule has 2 saturated heterocycles. The molecule has 0 saturated carbocycles. The molecule has 3 heteroatoms. The third-order valence-electron chi connectivity index (χ3n) is 3.09. The van der Waals surface area contributed by atoms with Crippen LogP contribution in [-0.4, -0.2) is 31.7 Å². The van der Waals surface area contributed by atoms with Crippen LogP contribution in [0.25, 0.3) is 0 Å². The van der Waals surface area contributed by atoms with E-state index in [-0.39, 0.29) is 12.4 Å². The van der Waals surface area contributed by atoms with Crippen molar-refractivity contribution in [3.05, 3.63) is 12.2 Å². The van der Waals surface area contributed by atoms with E-state index >= 15 is 0 Å². The van der Waals surface area contributed by atoms with Gasteiger partial charge in [-0.1, -0.05) is 13.5 Å². The molecule has 0 aromatic carbocycles. The summed E-state index contributed by atoms with van der Waals surface area (Å²) in [6.07, 6.45) is 4.60. The molecule has 0 unspecified atom stereocenters. The van der Waals surface area contributed by atoms with Gasteiger partial charge in [0.05, 0.1) is 25.4 Å². The van der Waals surface area contributed by atoms with Gasteiger partial charge in [-0.15, -0.1) is 0 Å². The van der Waals surface area contributed by atoms with Crippen molar-refractivity contribution in [3.8, 4) is 0 Å². The van der Waals surface area contributed by atoms with Gasteiger partial charge in [-0.3, -0.25) is 0 Å². The van der Waals surface area contributed by atoms with Crippen LogP contribution in [0, 0.1) is 0 Å². The van der Waals surface area contributed by atoms with E-state index in [1.807, 2.05) is 0 Å². The first-order valence-electron chi connectivity index (χ1n) is 5.86. The predicted octanol–water partition coefficient (Wildman–Crippen LogP) is 2.26. The molecule has 0 aromatic heterocycles. The van der Waals surface area contributed by atoms with Crippen molar-refractivity contribution in [2.45, 2.75) is 51.1 Å². The van der Waals surface area contributed by atoms with E-state index in [0.717, 1.165) is 38.9 Å². The van der Waals surface area contributed by atoms with Crippen LogP contribution in [-0.2, 0) is 14.2 Å². The Morgan fingerprint density at radius 1 is 1.27 bits per heavy atom. The average molecular weight is 212 g/mol. The molecule has 0 spiro atoms. The summed E-state index contributed by atoms with van der Waals surface area (Å²) in [5.74, 6) is 0. The molecule has 0 amide bonds. The fraction of sp³-hybridized carbons (Fsp3) is 0.833. The first-order valence-corrected chi connectivity index (χ1v) is 5.86. The van der Waals surface area contributed by atoms with Crippen LogP contribution in [0.2, 0.25) is 0 Å². The highest BCUT2D eigenvalue weighted by Gasteiger charge is 2.28. The summed E-state index contributed by atoms with van der Waals surface area (Å²) >= 11 is 0. The minimum absolute atomic E-state index is 0.00235. The van der Waals surface area contributed by atoms with Crippen LogP contribution >= 0.6 is 0 Å². The molecule has 3 nitrogen and oxygen atoms in total. The number of rotatable bonds is 4. The van der Waals surface area contributed by atoms with E-state index < -0.39 is 0 Å². The van der Waals surface area contributed by atoms with Crippen LogP contribution < -0.4 is 0 Å². The summed E-state index contributed by atoms with van der Waals surface area (Å²) in [6.45, 7) is 7.66. The Morgan fingerprint density at radius 3 is 2.60 bits per heavy atom. The van der Waals surface area contributed by atoms with Gasteiger partial charge >= 0.3 is 0 Å². The second kappa shape index (κ2) is 5.10. The van der Waals surface area contributed by atoms with Gasteiger partial charge in [-0.2, -0.15) is 0 Å². The molecule has 0 radical (unpaired) electrons. The summed E-state index contributed by atoms with van der Waals surface area (Å²) in [5.41, 5.74) is 1.25. The van der Waals surface area contributed by atoms with Gasteiger partial charge in [0.25, 0.3) is 0 Å². The number of hydrogen-bond acceptors (Lipinski definition) is 3. The highest BCUT2D eigenvalue weighted by molar-refractivity contribution is 5.08. The van der Waals surface area contributed by atoms with Crippen LogP contribution in [0.5, 0.6) is 0 Å². The molecule has 2 heterocycles. The Labute approximate surface area is 91.4 Å². The van der Waals surface area contributed by atoms with E-state index in [9.17, 15) is 0 Å². The second-order valence-electron chi connectivity index (χ2n) is 4.27. The average Bonchev–Trinajstić information content (AvgIpc) is 2.83. The van der Waals surface area contributed by atoms with Gasteiger partial charge in [-0.05, 0) is 24.8 Å². The highest BCUT2D eigenvalue weighted by atomic mass is 16.7. The summed E-state index contributed by atoms with van der Waals surface area (Å²) in [5, 5.41) is 0. The summed E-state index contributed by atoms with van der Waals surface area (Å²) < 4.78 is 16.7. The Hall–Kier alpha value is -0.380. The zero-order chi connectivity index (χ0) is 10.7. The predicted molar refractivity (Wildman–Crippen MR) is 57.6 cm³/mol. The largest absolute Gasteiger partial charge is 0.370 e. The smallest absolute Gasteiger partial charge is 0.157 e. The maximum atomic E-state index is 5.87. The van der Waals surface area contributed by atoms with Gasteiger partial charge in [0.1, 0.15) is 0 Å². The van der Waals surface area contributed by atoms with Crippen molar-refractivity contribution in [3.63, 3.8) is 0 Å². The molecule has 86 valence electrons. The molecule has 0 bridgehead atoms. The van der Waals surface area contributed by atoms with Crippen LogP contribution in [0.3, 0.4) is 0 Å². The molecular formula is C12H20O3. The molecule has 2 aliphatic rings. The molecular weight excluding hydrogens is 192 g/mol. The van der Waals surface area contributed by atoms with Crippen molar-refractivity contribution in [1.29, 1.82) is 0 Å². The van der Waals surface area contributed by atoms with E-state index in [0.29, 0.717) is 6.10 Å². The lowest BCUT2D eigenvalue weighted by molar-refractivity contribution is -0.0583. The molecule has 0 aromatic rings. The van der Waals surface area contributed by atoms with E-state index in [4.69, 9.17) is 14.2 Å². The molecule has 2 atom stereocenters. The van der Waals surface area contributed by atoms with Gasteiger partial charge in [0.15, 0.2) is 6.29 Å². The van der Waals surface area contributed by atoms with E-state index in [2.05, 4.69) is 13.5 Å². The zero-order valence-electron chi connectivity index (χ0n) is 9.41.